The van der Waals surface area contributed by atoms with Crippen molar-refractivity contribution in [1.82, 2.24) is 14.9 Å². The molecule has 31 heavy (non-hydrogen) atoms. The number of methoxy groups -OCH3 is 1. The minimum Gasteiger partial charge on any atom is -0.497 e. The van der Waals surface area contributed by atoms with E-state index in [9.17, 15) is 4.79 Å². The highest BCUT2D eigenvalue weighted by Gasteiger charge is 2.29. The van der Waals surface area contributed by atoms with E-state index in [1.54, 1.807) is 31.4 Å². The van der Waals surface area contributed by atoms with E-state index in [0.29, 0.717) is 41.8 Å². The molecule has 8 heteroatoms. The molecule has 1 atom stereocenters. The number of benzene rings is 2. The molecule has 3 aromatic rings. The van der Waals surface area contributed by atoms with Crippen molar-refractivity contribution < 1.29 is 14.3 Å². The number of hydrogen-bond donors (Lipinski definition) is 0. The van der Waals surface area contributed by atoms with Crippen molar-refractivity contribution in [3.8, 4) is 17.4 Å². The van der Waals surface area contributed by atoms with E-state index >= 15 is 0 Å². The average molecular weight is 439 g/mol. The Morgan fingerprint density at radius 3 is 2.42 bits per heavy atom. The van der Waals surface area contributed by atoms with Gasteiger partial charge in [0.15, 0.2) is 0 Å². The third kappa shape index (κ3) is 4.88. The van der Waals surface area contributed by atoms with E-state index < -0.39 is 0 Å². The smallest absolute Gasteiger partial charge is 0.254 e. The van der Waals surface area contributed by atoms with Crippen molar-refractivity contribution in [2.45, 2.75) is 13.0 Å². The van der Waals surface area contributed by atoms with E-state index in [1.807, 2.05) is 42.2 Å². The van der Waals surface area contributed by atoms with E-state index in [-0.39, 0.29) is 11.9 Å². The van der Waals surface area contributed by atoms with Crippen LogP contribution in [0, 0.1) is 0 Å². The van der Waals surface area contributed by atoms with Gasteiger partial charge in [-0.2, -0.15) is 0 Å². The first-order chi connectivity index (χ1) is 15.0. The van der Waals surface area contributed by atoms with Crippen LogP contribution in [0.2, 0.25) is 5.02 Å². The molecular formula is C23H23ClN4O3. The first-order valence-corrected chi connectivity index (χ1v) is 10.4. The van der Waals surface area contributed by atoms with Crippen LogP contribution in [-0.2, 0) is 0 Å². The first-order valence-electron chi connectivity index (χ1n) is 9.99. The van der Waals surface area contributed by atoms with Crippen LogP contribution in [0.25, 0.3) is 0 Å². The lowest BCUT2D eigenvalue weighted by Gasteiger charge is -2.40. The summed E-state index contributed by atoms with van der Waals surface area (Å²) >= 11 is 5.94. The first kappa shape index (κ1) is 20.9. The van der Waals surface area contributed by atoms with Crippen molar-refractivity contribution in [3.05, 3.63) is 71.5 Å². The van der Waals surface area contributed by atoms with E-state index in [4.69, 9.17) is 21.1 Å². The summed E-state index contributed by atoms with van der Waals surface area (Å²) in [6.07, 6.45) is 1.49. The number of carbonyl (C=O) groups is 1. The molecule has 0 saturated carbocycles. The molecule has 2 aromatic carbocycles. The van der Waals surface area contributed by atoms with Gasteiger partial charge in [-0.1, -0.05) is 11.6 Å². The van der Waals surface area contributed by atoms with Gasteiger partial charge in [0.2, 0.25) is 5.88 Å². The lowest BCUT2D eigenvalue weighted by atomic mass is 10.1. The second-order valence-electron chi connectivity index (χ2n) is 7.29. The Hall–Kier alpha value is -3.32. The number of aromatic nitrogens is 2. The topological polar surface area (TPSA) is 67.8 Å². The molecule has 4 rings (SSSR count). The van der Waals surface area contributed by atoms with Crippen LogP contribution >= 0.6 is 11.6 Å². The zero-order valence-electron chi connectivity index (χ0n) is 17.4. The number of halogens is 1. The molecule has 1 aromatic heterocycles. The number of ether oxygens (including phenoxy) is 2. The molecule has 0 bridgehead atoms. The minimum absolute atomic E-state index is 0.00929. The monoisotopic (exact) mass is 438 g/mol. The van der Waals surface area contributed by atoms with Crippen molar-refractivity contribution in [1.29, 1.82) is 0 Å². The SMILES string of the molecule is COc1ccc(Oc2cc(N3CCN(C(=O)c4ccc(Cl)cc4)[C@H](C)C3)ncn2)cc1. The van der Waals surface area contributed by atoms with Gasteiger partial charge in [-0.15, -0.1) is 0 Å². The molecule has 2 heterocycles. The molecule has 1 fully saturated rings. The molecule has 7 nitrogen and oxygen atoms in total. The number of anilines is 1. The van der Waals surface area contributed by atoms with Gasteiger partial charge < -0.3 is 19.3 Å². The molecule has 1 aliphatic rings. The van der Waals surface area contributed by atoms with Gasteiger partial charge in [-0.3, -0.25) is 4.79 Å². The lowest BCUT2D eigenvalue weighted by molar-refractivity contribution is 0.0673. The highest BCUT2D eigenvalue weighted by molar-refractivity contribution is 6.30. The van der Waals surface area contributed by atoms with Crippen molar-refractivity contribution in [3.63, 3.8) is 0 Å². The Balaban J connectivity index is 1.42. The Kier molecular flexibility index (Phi) is 6.23. The number of carbonyl (C=O) groups excluding carboxylic acids is 1. The quantitative estimate of drug-likeness (QED) is 0.592. The Morgan fingerprint density at radius 1 is 1.03 bits per heavy atom. The molecule has 0 N–H and O–H groups in total. The van der Waals surface area contributed by atoms with Crippen molar-refractivity contribution in [2.75, 3.05) is 31.6 Å². The standard InChI is InChI=1S/C23H23ClN4O3/c1-16-14-27(11-12-28(16)23(29)17-3-5-18(24)6-4-17)21-13-22(26-15-25-21)31-20-9-7-19(30-2)8-10-20/h3-10,13,15-16H,11-12,14H2,1-2H3/t16-/m1/s1. The molecule has 160 valence electrons. The highest BCUT2D eigenvalue weighted by atomic mass is 35.5. The molecular weight excluding hydrogens is 416 g/mol. The van der Waals surface area contributed by atoms with E-state index in [1.165, 1.54) is 6.33 Å². The molecule has 0 radical (unpaired) electrons. The van der Waals surface area contributed by atoms with Crippen LogP contribution in [0.5, 0.6) is 17.4 Å². The zero-order valence-corrected chi connectivity index (χ0v) is 18.1. The average Bonchev–Trinajstić information content (AvgIpc) is 2.80. The normalized spacial score (nSPS) is 16.2. The van der Waals surface area contributed by atoms with Crippen LogP contribution in [0.4, 0.5) is 5.82 Å². The maximum absolute atomic E-state index is 12.9. The molecule has 0 spiro atoms. The van der Waals surface area contributed by atoms with Gasteiger partial charge in [-0.25, -0.2) is 9.97 Å². The summed E-state index contributed by atoms with van der Waals surface area (Å²) in [5, 5.41) is 0.617. The van der Waals surface area contributed by atoms with Crippen LogP contribution in [0.1, 0.15) is 17.3 Å². The van der Waals surface area contributed by atoms with Gasteiger partial charge in [0.1, 0.15) is 23.6 Å². The summed E-state index contributed by atoms with van der Waals surface area (Å²) < 4.78 is 11.0. The maximum Gasteiger partial charge on any atom is 0.254 e. The number of amides is 1. The predicted molar refractivity (Wildman–Crippen MR) is 119 cm³/mol. The number of nitrogens with zero attached hydrogens (tertiary/aromatic N) is 4. The van der Waals surface area contributed by atoms with Gasteiger partial charge in [0.05, 0.1) is 7.11 Å². The van der Waals surface area contributed by atoms with Crippen LogP contribution in [0.3, 0.4) is 0 Å². The summed E-state index contributed by atoms with van der Waals surface area (Å²) in [5.41, 5.74) is 0.641. The summed E-state index contributed by atoms with van der Waals surface area (Å²) in [6.45, 7) is 3.97. The Morgan fingerprint density at radius 2 is 1.74 bits per heavy atom. The highest BCUT2D eigenvalue weighted by Crippen LogP contribution is 2.26. The fraction of sp³-hybridized carbons (Fsp3) is 0.261. The predicted octanol–water partition coefficient (Wildman–Crippen LogP) is 4.28. The maximum atomic E-state index is 12.9. The van der Waals surface area contributed by atoms with Gasteiger partial charge in [0, 0.05) is 42.3 Å². The third-order valence-electron chi connectivity index (χ3n) is 5.21. The molecule has 1 saturated heterocycles. The molecule has 0 unspecified atom stereocenters. The minimum atomic E-state index is 0.00929. The third-order valence-corrected chi connectivity index (χ3v) is 5.46. The van der Waals surface area contributed by atoms with Crippen LogP contribution in [-0.4, -0.2) is 53.6 Å². The number of piperazine rings is 1. The van der Waals surface area contributed by atoms with Crippen molar-refractivity contribution in [2.24, 2.45) is 0 Å². The fourth-order valence-electron chi connectivity index (χ4n) is 3.55. The van der Waals surface area contributed by atoms with Crippen molar-refractivity contribution >= 4 is 23.3 Å². The summed E-state index contributed by atoms with van der Waals surface area (Å²) in [6, 6.07) is 16.1. The molecule has 0 aliphatic carbocycles. The van der Waals surface area contributed by atoms with Gasteiger partial charge in [-0.05, 0) is 55.5 Å². The van der Waals surface area contributed by atoms with Crippen LogP contribution < -0.4 is 14.4 Å². The second kappa shape index (κ2) is 9.22. The zero-order chi connectivity index (χ0) is 21.8. The Labute approximate surface area is 186 Å². The summed E-state index contributed by atoms with van der Waals surface area (Å²) in [4.78, 5) is 25.5. The molecule has 1 aliphatic heterocycles. The summed E-state index contributed by atoms with van der Waals surface area (Å²) in [5.74, 6) is 2.66. The molecule has 1 amide bonds. The summed E-state index contributed by atoms with van der Waals surface area (Å²) in [7, 11) is 1.62. The largest absolute Gasteiger partial charge is 0.497 e. The lowest BCUT2D eigenvalue weighted by Crippen LogP contribution is -2.54. The number of rotatable bonds is 5. The second-order valence-corrected chi connectivity index (χ2v) is 7.73. The van der Waals surface area contributed by atoms with E-state index in [2.05, 4.69) is 14.9 Å². The number of hydrogen-bond acceptors (Lipinski definition) is 6. The van der Waals surface area contributed by atoms with E-state index in [0.717, 1.165) is 11.6 Å². The Bertz CT molecular complexity index is 1040. The van der Waals surface area contributed by atoms with Crippen LogP contribution in [0.15, 0.2) is 60.9 Å². The van der Waals surface area contributed by atoms with Gasteiger partial charge >= 0.3 is 0 Å². The van der Waals surface area contributed by atoms with Gasteiger partial charge in [0.25, 0.3) is 5.91 Å². The fourth-order valence-corrected chi connectivity index (χ4v) is 3.67.